The lowest BCUT2D eigenvalue weighted by atomic mass is 10.1. The minimum absolute atomic E-state index is 0.116. The summed E-state index contributed by atoms with van der Waals surface area (Å²) < 4.78 is 6.77. The van der Waals surface area contributed by atoms with Crippen LogP contribution in [0.3, 0.4) is 0 Å². The summed E-state index contributed by atoms with van der Waals surface area (Å²) in [6, 6.07) is 6.62. The van der Waals surface area contributed by atoms with Crippen molar-refractivity contribution in [3.8, 4) is 5.75 Å². The fraction of sp³-hybridized carbons (Fsp3) is 0.375. The first-order valence-electron chi connectivity index (χ1n) is 7.30. The van der Waals surface area contributed by atoms with Crippen LogP contribution in [0.1, 0.15) is 23.3 Å². The third-order valence-corrected chi connectivity index (χ3v) is 3.56. The van der Waals surface area contributed by atoms with Crippen molar-refractivity contribution in [1.82, 2.24) is 20.4 Å². The standard InChI is InChI=1S/C16H22N4O3/c1-17-15(12-8-19-20(2)10-12)16(22)18-9-14(21)11-5-4-6-13(7-11)23-3/h4-8,10,14-15,17,21H,9H2,1-3H3,(H,18,22). The highest BCUT2D eigenvalue weighted by Gasteiger charge is 2.21. The number of amides is 1. The SMILES string of the molecule is CNC(C(=O)NCC(O)c1cccc(OC)c1)c1cnn(C)c1. The van der Waals surface area contributed by atoms with Gasteiger partial charge in [-0.05, 0) is 24.7 Å². The van der Waals surface area contributed by atoms with Crippen molar-refractivity contribution in [2.75, 3.05) is 20.7 Å². The maximum atomic E-state index is 12.3. The zero-order valence-electron chi connectivity index (χ0n) is 13.5. The van der Waals surface area contributed by atoms with E-state index in [2.05, 4.69) is 15.7 Å². The van der Waals surface area contributed by atoms with E-state index in [0.717, 1.165) is 5.56 Å². The minimum Gasteiger partial charge on any atom is -0.497 e. The second-order valence-corrected chi connectivity index (χ2v) is 5.21. The predicted molar refractivity (Wildman–Crippen MR) is 86.0 cm³/mol. The number of rotatable bonds is 7. The molecule has 0 aliphatic rings. The first-order valence-corrected chi connectivity index (χ1v) is 7.30. The number of benzene rings is 1. The lowest BCUT2D eigenvalue weighted by molar-refractivity contribution is -0.123. The molecule has 0 spiro atoms. The third kappa shape index (κ3) is 4.30. The Kier molecular flexibility index (Phi) is 5.72. The molecule has 0 aliphatic carbocycles. The maximum Gasteiger partial charge on any atom is 0.241 e. The number of aromatic nitrogens is 2. The van der Waals surface area contributed by atoms with E-state index in [0.29, 0.717) is 11.3 Å². The van der Waals surface area contributed by atoms with Crippen molar-refractivity contribution in [3.05, 3.63) is 47.8 Å². The van der Waals surface area contributed by atoms with Crippen LogP contribution in [-0.2, 0) is 11.8 Å². The van der Waals surface area contributed by atoms with Crippen molar-refractivity contribution in [2.24, 2.45) is 7.05 Å². The summed E-state index contributed by atoms with van der Waals surface area (Å²) in [5, 5.41) is 20.0. The molecule has 23 heavy (non-hydrogen) atoms. The molecule has 0 aliphatic heterocycles. The van der Waals surface area contributed by atoms with Crippen LogP contribution in [0.5, 0.6) is 5.75 Å². The van der Waals surface area contributed by atoms with Gasteiger partial charge in [-0.2, -0.15) is 5.10 Å². The van der Waals surface area contributed by atoms with Crippen LogP contribution in [0.15, 0.2) is 36.7 Å². The van der Waals surface area contributed by atoms with E-state index >= 15 is 0 Å². The number of ether oxygens (including phenoxy) is 1. The molecule has 1 aromatic carbocycles. The largest absolute Gasteiger partial charge is 0.497 e. The molecule has 7 heteroatoms. The van der Waals surface area contributed by atoms with Crippen molar-refractivity contribution in [2.45, 2.75) is 12.1 Å². The molecule has 2 atom stereocenters. The van der Waals surface area contributed by atoms with Crippen LogP contribution in [0.25, 0.3) is 0 Å². The number of nitrogens with one attached hydrogen (secondary N) is 2. The van der Waals surface area contributed by atoms with Gasteiger partial charge in [-0.25, -0.2) is 0 Å². The fourth-order valence-electron chi connectivity index (χ4n) is 2.30. The number of carbonyl (C=O) groups is 1. The Hall–Kier alpha value is -2.38. The van der Waals surface area contributed by atoms with E-state index in [-0.39, 0.29) is 12.5 Å². The fourth-order valence-corrected chi connectivity index (χ4v) is 2.30. The molecule has 124 valence electrons. The van der Waals surface area contributed by atoms with Gasteiger partial charge in [0.05, 0.1) is 19.4 Å². The van der Waals surface area contributed by atoms with Crippen molar-refractivity contribution < 1.29 is 14.6 Å². The van der Waals surface area contributed by atoms with Gasteiger partial charge in [0.25, 0.3) is 0 Å². The maximum absolute atomic E-state index is 12.3. The molecular weight excluding hydrogens is 296 g/mol. The summed E-state index contributed by atoms with van der Waals surface area (Å²) in [6.45, 7) is 0.116. The number of methoxy groups -OCH3 is 1. The van der Waals surface area contributed by atoms with Crippen LogP contribution in [-0.4, -0.2) is 41.5 Å². The quantitative estimate of drug-likeness (QED) is 0.693. The molecule has 3 N–H and O–H groups in total. The molecule has 0 saturated heterocycles. The molecule has 7 nitrogen and oxygen atoms in total. The lowest BCUT2D eigenvalue weighted by Gasteiger charge is -2.17. The highest BCUT2D eigenvalue weighted by Crippen LogP contribution is 2.19. The average molecular weight is 318 g/mol. The molecular formula is C16H22N4O3. The molecule has 0 fully saturated rings. The van der Waals surface area contributed by atoms with Crippen LogP contribution in [0.4, 0.5) is 0 Å². The molecule has 1 heterocycles. The van der Waals surface area contributed by atoms with Gasteiger partial charge in [0.15, 0.2) is 0 Å². The number of hydrogen-bond donors (Lipinski definition) is 3. The van der Waals surface area contributed by atoms with E-state index in [1.807, 2.05) is 0 Å². The molecule has 2 unspecified atom stereocenters. The highest BCUT2D eigenvalue weighted by atomic mass is 16.5. The Morgan fingerprint density at radius 1 is 1.43 bits per heavy atom. The average Bonchev–Trinajstić information content (AvgIpc) is 2.99. The van der Waals surface area contributed by atoms with Crippen LogP contribution >= 0.6 is 0 Å². The molecule has 1 aromatic heterocycles. The first kappa shape index (κ1) is 17.0. The number of aliphatic hydroxyl groups excluding tert-OH is 1. The van der Waals surface area contributed by atoms with Crippen LogP contribution < -0.4 is 15.4 Å². The lowest BCUT2D eigenvalue weighted by Crippen LogP contribution is -2.37. The Labute approximate surface area is 135 Å². The number of carbonyl (C=O) groups excluding carboxylic acids is 1. The molecule has 2 aromatic rings. The topological polar surface area (TPSA) is 88.4 Å². The number of aliphatic hydroxyl groups is 1. The Balaban J connectivity index is 1.97. The van der Waals surface area contributed by atoms with Gasteiger partial charge >= 0.3 is 0 Å². The van der Waals surface area contributed by atoms with Gasteiger partial charge < -0.3 is 20.5 Å². The van der Waals surface area contributed by atoms with E-state index in [1.165, 1.54) is 0 Å². The molecule has 0 saturated carbocycles. The van der Waals surface area contributed by atoms with Crippen LogP contribution in [0.2, 0.25) is 0 Å². The Morgan fingerprint density at radius 3 is 2.83 bits per heavy atom. The normalized spacial score (nSPS) is 13.4. The van der Waals surface area contributed by atoms with Crippen LogP contribution in [0, 0.1) is 0 Å². The van der Waals surface area contributed by atoms with Gasteiger partial charge in [0.1, 0.15) is 11.8 Å². The number of hydrogen-bond acceptors (Lipinski definition) is 5. The molecule has 0 radical (unpaired) electrons. The van der Waals surface area contributed by atoms with Crippen molar-refractivity contribution in [1.29, 1.82) is 0 Å². The van der Waals surface area contributed by atoms with Crippen molar-refractivity contribution in [3.63, 3.8) is 0 Å². The van der Waals surface area contributed by atoms with E-state index in [9.17, 15) is 9.90 Å². The van der Waals surface area contributed by atoms with Gasteiger partial charge in [-0.1, -0.05) is 12.1 Å². The summed E-state index contributed by atoms with van der Waals surface area (Å²) in [5.74, 6) is 0.443. The summed E-state index contributed by atoms with van der Waals surface area (Å²) in [6.07, 6.45) is 2.61. The van der Waals surface area contributed by atoms with Gasteiger partial charge in [-0.3, -0.25) is 9.48 Å². The van der Waals surface area contributed by atoms with Gasteiger partial charge in [-0.15, -0.1) is 0 Å². The van der Waals surface area contributed by atoms with E-state index < -0.39 is 12.1 Å². The second kappa shape index (κ2) is 7.75. The Morgan fingerprint density at radius 2 is 2.22 bits per heavy atom. The minimum atomic E-state index is -0.805. The van der Waals surface area contributed by atoms with Gasteiger partial charge in [0.2, 0.25) is 5.91 Å². The summed E-state index contributed by atoms with van der Waals surface area (Å²) in [4.78, 5) is 12.3. The zero-order valence-corrected chi connectivity index (χ0v) is 13.5. The predicted octanol–water partition coefficient (Wildman–Crippen LogP) is 0.539. The number of likely N-dealkylation sites (N-methyl/N-ethyl adjacent to an activating group) is 1. The molecule has 0 bridgehead atoms. The number of aryl methyl sites for hydroxylation is 1. The second-order valence-electron chi connectivity index (χ2n) is 5.21. The highest BCUT2D eigenvalue weighted by molar-refractivity contribution is 5.83. The van der Waals surface area contributed by atoms with Gasteiger partial charge in [0, 0.05) is 25.4 Å². The van der Waals surface area contributed by atoms with E-state index in [4.69, 9.17) is 4.74 Å². The van der Waals surface area contributed by atoms with Crippen molar-refractivity contribution >= 4 is 5.91 Å². The zero-order chi connectivity index (χ0) is 16.8. The molecule has 2 rings (SSSR count). The summed E-state index contributed by atoms with van der Waals surface area (Å²) >= 11 is 0. The summed E-state index contributed by atoms with van der Waals surface area (Å²) in [7, 11) is 5.06. The smallest absolute Gasteiger partial charge is 0.241 e. The van der Waals surface area contributed by atoms with E-state index in [1.54, 1.807) is 62.5 Å². The monoisotopic (exact) mass is 318 g/mol. The first-order chi connectivity index (χ1) is 11.0. The Bertz CT molecular complexity index is 656. The summed E-state index contributed by atoms with van der Waals surface area (Å²) in [5.41, 5.74) is 1.45. The third-order valence-electron chi connectivity index (χ3n) is 3.56. The molecule has 1 amide bonds. The number of nitrogens with zero attached hydrogens (tertiary/aromatic N) is 2.